The van der Waals surface area contributed by atoms with E-state index in [4.69, 9.17) is 0 Å². The fourth-order valence-electron chi connectivity index (χ4n) is 3.69. The molecule has 0 saturated heterocycles. The SMILES string of the molecule is CN1CCC(NCc2ccc(N(C)c3ccccc3)nc2)c2ccccc21. The molecule has 2 heterocycles. The van der Waals surface area contributed by atoms with E-state index in [2.05, 4.69) is 75.7 Å². The molecule has 1 N–H and O–H groups in total. The second-order valence-corrected chi connectivity index (χ2v) is 7.12. The predicted octanol–water partition coefficient (Wildman–Crippen LogP) is 4.52. The van der Waals surface area contributed by atoms with Gasteiger partial charge < -0.3 is 15.1 Å². The Balaban J connectivity index is 1.42. The van der Waals surface area contributed by atoms with Crippen LogP contribution in [-0.4, -0.2) is 25.6 Å². The predicted molar refractivity (Wildman–Crippen MR) is 113 cm³/mol. The summed E-state index contributed by atoms with van der Waals surface area (Å²) < 4.78 is 0. The van der Waals surface area contributed by atoms with Gasteiger partial charge in [-0.3, -0.25) is 0 Å². The number of benzene rings is 2. The van der Waals surface area contributed by atoms with Gasteiger partial charge in [0.25, 0.3) is 0 Å². The van der Waals surface area contributed by atoms with Crippen molar-refractivity contribution in [2.75, 3.05) is 30.4 Å². The Bertz CT molecular complexity index is 876. The molecule has 4 rings (SSSR count). The molecule has 0 fully saturated rings. The average molecular weight is 358 g/mol. The van der Waals surface area contributed by atoms with Gasteiger partial charge in [-0.25, -0.2) is 4.98 Å². The Kier molecular flexibility index (Phi) is 5.07. The third-order valence-corrected chi connectivity index (χ3v) is 5.33. The van der Waals surface area contributed by atoms with Gasteiger partial charge in [0.05, 0.1) is 0 Å². The van der Waals surface area contributed by atoms with E-state index in [-0.39, 0.29) is 0 Å². The minimum Gasteiger partial charge on any atom is -0.374 e. The molecular weight excluding hydrogens is 332 g/mol. The molecule has 27 heavy (non-hydrogen) atoms. The van der Waals surface area contributed by atoms with Crippen molar-refractivity contribution in [3.8, 4) is 0 Å². The third-order valence-electron chi connectivity index (χ3n) is 5.33. The Morgan fingerprint density at radius 2 is 1.81 bits per heavy atom. The molecule has 0 saturated carbocycles. The van der Waals surface area contributed by atoms with Crippen molar-refractivity contribution in [2.45, 2.75) is 19.0 Å². The van der Waals surface area contributed by atoms with Gasteiger partial charge >= 0.3 is 0 Å². The number of nitrogens with zero attached hydrogens (tertiary/aromatic N) is 3. The summed E-state index contributed by atoms with van der Waals surface area (Å²) in [5, 5.41) is 3.71. The first-order valence-electron chi connectivity index (χ1n) is 9.49. The fraction of sp³-hybridized carbons (Fsp3) is 0.261. The molecule has 1 atom stereocenters. The molecular formula is C23H26N4. The summed E-state index contributed by atoms with van der Waals surface area (Å²) in [4.78, 5) is 9.09. The molecule has 0 spiro atoms. The number of para-hydroxylation sites is 2. The molecule has 2 aromatic carbocycles. The highest BCUT2D eigenvalue weighted by molar-refractivity contribution is 5.59. The number of pyridine rings is 1. The summed E-state index contributed by atoms with van der Waals surface area (Å²) in [7, 11) is 4.21. The van der Waals surface area contributed by atoms with E-state index >= 15 is 0 Å². The van der Waals surface area contributed by atoms with Gasteiger partial charge in [0.1, 0.15) is 5.82 Å². The van der Waals surface area contributed by atoms with E-state index in [0.717, 1.165) is 31.0 Å². The molecule has 4 heteroatoms. The van der Waals surface area contributed by atoms with Crippen LogP contribution in [0.15, 0.2) is 72.9 Å². The molecule has 3 aromatic rings. The van der Waals surface area contributed by atoms with Crippen LogP contribution in [0.5, 0.6) is 0 Å². The zero-order valence-corrected chi connectivity index (χ0v) is 16.0. The van der Waals surface area contributed by atoms with Gasteiger partial charge in [-0.05, 0) is 41.8 Å². The van der Waals surface area contributed by atoms with Gasteiger partial charge in [-0.1, -0.05) is 42.5 Å². The Morgan fingerprint density at radius 1 is 1.04 bits per heavy atom. The highest BCUT2D eigenvalue weighted by atomic mass is 15.2. The molecule has 1 aromatic heterocycles. The first kappa shape index (κ1) is 17.6. The molecule has 1 aliphatic heterocycles. The van der Waals surface area contributed by atoms with E-state index in [0.29, 0.717) is 6.04 Å². The zero-order valence-electron chi connectivity index (χ0n) is 16.0. The van der Waals surface area contributed by atoms with Gasteiger partial charge in [0.15, 0.2) is 0 Å². The highest BCUT2D eigenvalue weighted by Gasteiger charge is 2.22. The van der Waals surface area contributed by atoms with Crippen molar-refractivity contribution in [2.24, 2.45) is 0 Å². The molecule has 0 radical (unpaired) electrons. The highest BCUT2D eigenvalue weighted by Crippen LogP contribution is 2.32. The largest absolute Gasteiger partial charge is 0.374 e. The number of rotatable bonds is 5. The van der Waals surface area contributed by atoms with E-state index in [9.17, 15) is 0 Å². The molecule has 0 amide bonds. The number of hydrogen-bond acceptors (Lipinski definition) is 4. The van der Waals surface area contributed by atoms with Crippen molar-refractivity contribution >= 4 is 17.2 Å². The normalized spacial score (nSPS) is 16.1. The lowest BCUT2D eigenvalue weighted by molar-refractivity contribution is 0.484. The molecule has 1 unspecified atom stereocenters. The maximum atomic E-state index is 4.65. The second kappa shape index (κ2) is 7.80. The lowest BCUT2D eigenvalue weighted by Gasteiger charge is -2.33. The van der Waals surface area contributed by atoms with Crippen molar-refractivity contribution in [3.05, 3.63) is 84.1 Å². The van der Waals surface area contributed by atoms with Crippen molar-refractivity contribution in [1.82, 2.24) is 10.3 Å². The van der Waals surface area contributed by atoms with Crippen LogP contribution in [0.4, 0.5) is 17.2 Å². The molecule has 4 nitrogen and oxygen atoms in total. The quantitative estimate of drug-likeness (QED) is 0.727. The summed E-state index contributed by atoms with van der Waals surface area (Å²) in [6, 6.07) is 23.6. The maximum absolute atomic E-state index is 4.65. The Hall–Kier alpha value is -2.85. The van der Waals surface area contributed by atoms with Crippen LogP contribution in [0.3, 0.4) is 0 Å². The number of aromatic nitrogens is 1. The molecule has 1 aliphatic rings. The topological polar surface area (TPSA) is 31.4 Å². The van der Waals surface area contributed by atoms with Crippen LogP contribution in [0.2, 0.25) is 0 Å². The van der Waals surface area contributed by atoms with E-state index < -0.39 is 0 Å². The number of anilines is 3. The van der Waals surface area contributed by atoms with Crippen LogP contribution in [0, 0.1) is 0 Å². The van der Waals surface area contributed by atoms with Crippen molar-refractivity contribution in [1.29, 1.82) is 0 Å². The Labute approximate surface area is 161 Å². The Morgan fingerprint density at radius 3 is 2.59 bits per heavy atom. The minimum absolute atomic E-state index is 0.393. The summed E-state index contributed by atoms with van der Waals surface area (Å²) >= 11 is 0. The number of nitrogens with one attached hydrogen (secondary N) is 1. The zero-order chi connectivity index (χ0) is 18.6. The molecule has 138 valence electrons. The monoisotopic (exact) mass is 358 g/mol. The first-order valence-corrected chi connectivity index (χ1v) is 9.49. The standard InChI is InChI=1S/C23H26N4/c1-26-15-14-21(20-10-6-7-11-22(20)26)24-16-18-12-13-23(25-17-18)27(2)19-8-4-3-5-9-19/h3-13,17,21,24H,14-16H2,1-2H3. The minimum atomic E-state index is 0.393. The van der Waals surface area contributed by atoms with Crippen LogP contribution in [0.25, 0.3) is 0 Å². The van der Waals surface area contributed by atoms with E-state index in [1.165, 1.54) is 16.8 Å². The lowest BCUT2D eigenvalue weighted by atomic mass is 9.96. The number of fused-ring (bicyclic) bond motifs is 1. The lowest BCUT2D eigenvalue weighted by Crippen LogP contribution is -2.33. The van der Waals surface area contributed by atoms with Gasteiger partial charge in [-0.15, -0.1) is 0 Å². The van der Waals surface area contributed by atoms with Crippen LogP contribution in [-0.2, 0) is 6.54 Å². The number of hydrogen-bond donors (Lipinski definition) is 1. The second-order valence-electron chi connectivity index (χ2n) is 7.12. The average Bonchev–Trinajstić information content (AvgIpc) is 2.74. The van der Waals surface area contributed by atoms with E-state index in [1.54, 1.807) is 0 Å². The van der Waals surface area contributed by atoms with Crippen LogP contribution in [0.1, 0.15) is 23.6 Å². The summed E-state index contributed by atoms with van der Waals surface area (Å²) in [6.07, 6.45) is 3.10. The smallest absolute Gasteiger partial charge is 0.132 e. The maximum Gasteiger partial charge on any atom is 0.132 e. The first-order chi connectivity index (χ1) is 13.2. The molecule has 0 aliphatic carbocycles. The third kappa shape index (κ3) is 3.81. The van der Waals surface area contributed by atoms with Gasteiger partial charge in [0.2, 0.25) is 0 Å². The van der Waals surface area contributed by atoms with Crippen molar-refractivity contribution in [3.63, 3.8) is 0 Å². The van der Waals surface area contributed by atoms with E-state index in [1.807, 2.05) is 31.4 Å². The van der Waals surface area contributed by atoms with Crippen molar-refractivity contribution < 1.29 is 0 Å². The van der Waals surface area contributed by atoms with Gasteiger partial charge in [-0.2, -0.15) is 0 Å². The summed E-state index contributed by atoms with van der Waals surface area (Å²) in [5.74, 6) is 0.953. The molecule has 0 bridgehead atoms. The van der Waals surface area contributed by atoms with Crippen LogP contribution < -0.4 is 15.1 Å². The van der Waals surface area contributed by atoms with Crippen LogP contribution >= 0.6 is 0 Å². The summed E-state index contributed by atoms with van der Waals surface area (Å²) in [6.45, 7) is 1.90. The summed E-state index contributed by atoms with van der Waals surface area (Å²) in [5.41, 5.74) is 5.06. The fourth-order valence-corrected chi connectivity index (χ4v) is 3.69. The van der Waals surface area contributed by atoms with Gasteiger partial charge in [0, 0.05) is 50.8 Å².